The van der Waals surface area contributed by atoms with Gasteiger partial charge in [-0.1, -0.05) is 23.5 Å². The van der Waals surface area contributed by atoms with Crippen molar-refractivity contribution in [2.45, 2.75) is 13.0 Å². The van der Waals surface area contributed by atoms with E-state index in [9.17, 15) is 4.79 Å². The van der Waals surface area contributed by atoms with Gasteiger partial charge in [-0.3, -0.25) is 4.79 Å². The summed E-state index contributed by atoms with van der Waals surface area (Å²) in [5.41, 5.74) is 0.935. The molecule has 1 aromatic carbocycles. The Balaban J connectivity index is 2.10. The van der Waals surface area contributed by atoms with Crippen LogP contribution in [0.1, 0.15) is 4.88 Å². The standard InChI is InChI=1S/C18H18N2O3S2/c1-4-7-20-13-10-14(22-2)15(23-3)11-16(13)25-18(20)19-17(21)9-12-6-5-8-24-12/h4-6,8,10-11H,1,7,9H2,2-3H3. The van der Waals surface area contributed by atoms with Crippen molar-refractivity contribution in [2.75, 3.05) is 14.2 Å². The van der Waals surface area contributed by atoms with Gasteiger partial charge in [-0.2, -0.15) is 4.99 Å². The van der Waals surface area contributed by atoms with E-state index in [4.69, 9.17) is 9.47 Å². The van der Waals surface area contributed by atoms with Gasteiger partial charge in [-0.25, -0.2) is 0 Å². The van der Waals surface area contributed by atoms with Crippen molar-refractivity contribution in [3.63, 3.8) is 0 Å². The van der Waals surface area contributed by atoms with E-state index in [0.717, 1.165) is 15.1 Å². The number of thiazole rings is 1. The van der Waals surface area contributed by atoms with Gasteiger partial charge >= 0.3 is 0 Å². The van der Waals surface area contributed by atoms with Crippen molar-refractivity contribution >= 4 is 38.8 Å². The largest absolute Gasteiger partial charge is 0.493 e. The van der Waals surface area contributed by atoms with E-state index in [0.29, 0.717) is 29.3 Å². The molecule has 0 aliphatic heterocycles. The van der Waals surface area contributed by atoms with E-state index in [-0.39, 0.29) is 5.91 Å². The molecule has 3 aromatic rings. The summed E-state index contributed by atoms with van der Waals surface area (Å²) in [5, 5.41) is 1.96. The number of allylic oxidation sites excluding steroid dienone is 1. The summed E-state index contributed by atoms with van der Waals surface area (Å²) in [7, 11) is 3.20. The zero-order valence-corrected chi connectivity index (χ0v) is 15.7. The number of methoxy groups -OCH3 is 2. The second-order valence-corrected chi connectivity index (χ2v) is 7.26. The molecule has 25 heavy (non-hydrogen) atoms. The summed E-state index contributed by atoms with van der Waals surface area (Å²) in [6.07, 6.45) is 2.10. The first-order valence-corrected chi connectivity index (χ1v) is 9.32. The number of hydrogen-bond acceptors (Lipinski definition) is 5. The highest BCUT2D eigenvalue weighted by molar-refractivity contribution is 7.16. The fraction of sp³-hybridized carbons (Fsp3) is 0.222. The van der Waals surface area contributed by atoms with Crippen LogP contribution in [0.25, 0.3) is 10.2 Å². The van der Waals surface area contributed by atoms with Crippen molar-refractivity contribution in [1.29, 1.82) is 0 Å². The number of amides is 1. The first-order valence-electron chi connectivity index (χ1n) is 7.62. The molecule has 0 unspecified atom stereocenters. The van der Waals surface area contributed by atoms with Gasteiger partial charge in [0.25, 0.3) is 5.91 Å². The van der Waals surface area contributed by atoms with Crippen LogP contribution >= 0.6 is 22.7 Å². The molecule has 0 aliphatic rings. The minimum Gasteiger partial charge on any atom is -0.493 e. The SMILES string of the molecule is C=CCn1c(=NC(=O)Cc2cccs2)sc2cc(OC)c(OC)cc21. The molecule has 0 bridgehead atoms. The number of thiophene rings is 1. The van der Waals surface area contributed by atoms with Crippen molar-refractivity contribution in [3.05, 3.63) is 52.0 Å². The molecule has 0 fully saturated rings. The van der Waals surface area contributed by atoms with Crippen LogP contribution < -0.4 is 14.3 Å². The quantitative estimate of drug-likeness (QED) is 0.619. The van der Waals surface area contributed by atoms with Gasteiger partial charge in [0.05, 0.1) is 30.9 Å². The highest BCUT2D eigenvalue weighted by Gasteiger charge is 2.13. The van der Waals surface area contributed by atoms with Gasteiger partial charge in [0.2, 0.25) is 0 Å². The molecule has 5 nitrogen and oxygen atoms in total. The summed E-state index contributed by atoms with van der Waals surface area (Å²) >= 11 is 3.01. The lowest BCUT2D eigenvalue weighted by atomic mass is 10.3. The minimum absolute atomic E-state index is 0.161. The van der Waals surface area contributed by atoms with Crippen molar-refractivity contribution in [3.8, 4) is 11.5 Å². The van der Waals surface area contributed by atoms with Crippen LogP contribution in [-0.2, 0) is 17.8 Å². The lowest BCUT2D eigenvalue weighted by molar-refractivity contribution is -0.117. The van der Waals surface area contributed by atoms with E-state index >= 15 is 0 Å². The summed E-state index contributed by atoms with van der Waals surface area (Å²) in [5.74, 6) is 1.13. The molecule has 2 heterocycles. The number of benzene rings is 1. The van der Waals surface area contributed by atoms with E-state index in [1.54, 1.807) is 31.6 Å². The Kier molecular flexibility index (Phi) is 5.35. The first-order chi connectivity index (χ1) is 12.2. The van der Waals surface area contributed by atoms with Crippen molar-refractivity contribution in [2.24, 2.45) is 4.99 Å². The van der Waals surface area contributed by atoms with E-state index in [1.165, 1.54) is 11.3 Å². The molecule has 0 atom stereocenters. The molecular formula is C18H18N2O3S2. The molecule has 7 heteroatoms. The third-order valence-electron chi connectivity index (χ3n) is 3.63. The molecule has 130 valence electrons. The Morgan fingerprint density at radius 3 is 2.72 bits per heavy atom. The maximum Gasteiger partial charge on any atom is 0.253 e. The molecule has 0 spiro atoms. The third-order valence-corrected chi connectivity index (χ3v) is 5.54. The molecule has 2 aromatic heterocycles. The average Bonchev–Trinajstić information content (AvgIpc) is 3.22. The van der Waals surface area contributed by atoms with Gasteiger partial charge < -0.3 is 14.0 Å². The molecular weight excluding hydrogens is 356 g/mol. The molecule has 0 saturated heterocycles. The Bertz CT molecular complexity index is 968. The number of ether oxygens (including phenoxy) is 2. The maximum atomic E-state index is 12.3. The van der Waals surface area contributed by atoms with Crippen LogP contribution in [0.4, 0.5) is 0 Å². The maximum absolute atomic E-state index is 12.3. The fourth-order valence-corrected chi connectivity index (χ4v) is 4.26. The Labute approximate surface area is 153 Å². The summed E-state index contributed by atoms with van der Waals surface area (Å²) in [4.78, 5) is 18.3. The van der Waals surface area contributed by atoms with Crippen LogP contribution in [0.2, 0.25) is 0 Å². The number of rotatable bonds is 6. The third kappa shape index (κ3) is 3.67. The predicted octanol–water partition coefficient (Wildman–Crippen LogP) is 3.64. The molecule has 1 amide bonds. The predicted molar refractivity (Wildman–Crippen MR) is 102 cm³/mol. The van der Waals surface area contributed by atoms with Crippen molar-refractivity contribution < 1.29 is 14.3 Å². The normalized spacial score (nSPS) is 11.7. The number of aromatic nitrogens is 1. The number of nitrogens with zero attached hydrogens (tertiary/aromatic N) is 2. The lowest BCUT2D eigenvalue weighted by Crippen LogP contribution is -2.16. The van der Waals surface area contributed by atoms with Gasteiger partial charge in [0, 0.05) is 23.6 Å². The Morgan fingerprint density at radius 1 is 1.32 bits per heavy atom. The summed E-state index contributed by atoms with van der Waals surface area (Å²) in [6.45, 7) is 4.36. The van der Waals surface area contributed by atoms with Gasteiger partial charge in [0.15, 0.2) is 16.3 Å². The van der Waals surface area contributed by atoms with Crippen LogP contribution in [0.15, 0.2) is 47.3 Å². The number of fused-ring (bicyclic) bond motifs is 1. The highest BCUT2D eigenvalue weighted by Crippen LogP contribution is 2.33. The monoisotopic (exact) mass is 374 g/mol. The zero-order chi connectivity index (χ0) is 17.8. The second-order valence-electron chi connectivity index (χ2n) is 5.22. The second kappa shape index (κ2) is 7.67. The molecule has 3 rings (SSSR count). The topological polar surface area (TPSA) is 52.8 Å². The number of carbonyl (C=O) groups is 1. The van der Waals surface area contributed by atoms with Gasteiger partial charge in [-0.15, -0.1) is 17.9 Å². The summed E-state index contributed by atoms with van der Waals surface area (Å²) < 4.78 is 13.7. The molecule has 0 saturated carbocycles. The van der Waals surface area contributed by atoms with Crippen LogP contribution in [0.5, 0.6) is 11.5 Å². The van der Waals surface area contributed by atoms with Crippen LogP contribution in [0.3, 0.4) is 0 Å². The van der Waals surface area contributed by atoms with E-state index in [2.05, 4.69) is 11.6 Å². The Morgan fingerprint density at radius 2 is 2.08 bits per heavy atom. The number of hydrogen-bond donors (Lipinski definition) is 0. The van der Waals surface area contributed by atoms with Crippen molar-refractivity contribution in [1.82, 2.24) is 4.57 Å². The zero-order valence-electron chi connectivity index (χ0n) is 14.0. The van der Waals surface area contributed by atoms with E-state index in [1.807, 2.05) is 34.2 Å². The van der Waals surface area contributed by atoms with Crippen LogP contribution in [-0.4, -0.2) is 24.7 Å². The Hall–Kier alpha value is -2.38. The van der Waals surface area contributed by atoms with Gasteiger partial charge in [-0.05, 0) is 11.4 Å². The fourth-order valence-electron chi connectivity index (χ4n) is 2.50. The number of carbonyl (C=O) groups excluding carboxylic acids is 1. The minimum atomic E-state index is -0.161. The first kappa shape index (κ1) is 17.4. The van der Waals surface area contributed by atoms with Crippen LogP contribution in [0, 0.1) is 0 Å². The summed E-state index contributed by atoms with van der Waals surface area (Å²) in [6, 6.07) is 7.68. The van der Waals surface area contributed by atoms with Gasteiger partial charge in [0.1, 0.15) is 0 Å². The molecule has 0 radical (unpaired) electrons. The molecule has 0 N–H and O–H groups in total. The smallest absolute Gasteiger partial charge is 0.253 e. The lowest BCUT2D eigenvalue weighted by Gasteiger charge is -2.08. The molecule has 0 aliphatic carbocycles. The highest BCUT2D eigenvalue weighted by atomic mass is 32.1. The van der Waals surface area contributed by atoms with E-state index < -0.39 is 0 Å². The average molecular weight is 374 g/mol.